The average molecular weight is 436 g/mol. The minimum absolute atomic E-state index is 0. The molecule has 1 amide bonds. The van der Waals surface area contributed by atoms with Crippen molar-refractivity contribution < 1.29 is 14.3 Å². The first-order valence-corrected chi connectivity index (χ1v) is 9.73. The normalized spacial score (nSPS) is 16.6. The Kier molecular flexibility index (Phi) is 7.61. The number of morpholine rings is 2. The molecule has 10 nitrogen and oxygen atoms in total. The smallest absolute Gasteiger partial charge is 0.233 e. The Balaban J connectivity index is 0.00000256. The van der Waals surface area contributed by atoms with E-state index in [0.29, 0.717) is 44.3 Å². The number of hydrogen-bond acceptors (Lipinski definition) is 9. The van der Waals surface area contributed by atoms with E-state index in [1.807, 2.05) is 24.3 Å². The Bertz CT molecular complexity index is 804. The first-order chi connectivity index (χ1) is 14.2. The summed E-state index contributed by atoms with van der Waals surface area (Å²) in [5.41, 5.74) is 1.56. The number of nitrogens with one attached hydrogen (secondary N) is 2. The Morgan fingerprint density at radius 1 is 0.833 bits per heavy atom. The molecule has 2 aliphatic rings. The van der Waals surface area contributed by atoms with Crippen LogP contribution in [-0.2, 0) is 14.3 Å². The second-order valence-corrected chi connectivity index (χ2v) is 6.84. The summed E-state index contributed by atoms with van der Waals surface area (Å²) in [7, 11) is 0. The molecular weight excluding hydrogens is 410 g/mol. The number of aromatic nitrogens is 3. The van der Waals surface area contributed by atoms with Gasteiger partial charge in [0.1, 0.15) is 0 Å². The third kappa shape index (κ3) is 5.68. The van der Waals surface area contributed by atoms with Crippen molar-refractivity contribution in [3.05, 3.63) is 24.3 Å². The predicted octanol–water partition coefficient (Wildman–Crippen LogP) is 1.67. The highest BCUT2D eigenvalue weighted by molar-refractivity contribution is 5.88. The zero-order valence-corrected chi connectivity index (χ0v) is 17.7. The van der Waals surface area contributed by atoms with E-state index in [4.69, 9.17) is 14.5 Å². The quantitative estimate of drug-likeness (QED) is 0.725. The standard InChI is InChI=1S/C19H25N7O3.ClH/c1-14(27)20-15-2-4-16(5-3-15)21-17-22-18(25-6-10-28-11-7-25)24-19(23-17)26-8-12-29-13-9-26;/h2-5H,6-13H2,1H3,(H,20,27)(H,21,22,23,24);1H. The fourth-order valence-electron chi connectivity index (χ4n) is 3.19. The molecule has 0 aliphatic carbocycles. The van der Waals surface area contributed by atoms with E-state index >= 15 is 0 Å². The lowest BCUT2D eigenvalue weighted by atomic mass is 10.3. The molecule has 2 saturated heterocycles. The van der Waals surface area contributed by atoms with Gasteiger partial charge in [-0.1, -0.05) is 0 Å². The molecule has 0 atom stereocenters. The Morgan fingerprint density at radius 3 is 1.77 bits per heavy atom. The highest BCUT2D eigenvalue weighted by Crippen LogP contribution is 2.22. The van der Waals surface area contributed by atoms with Crippen molar-refractivity contribution >= 4 is 47.5 Å². The number of benzene rings is 1. The van der Waals surface area contributed by atoms with E-state index in [1.165, 1.54) is 6.92 Å². The Labute approximate surface area is 181 Å². The van der Waals surface area contributed by atoms with Gasteiger partial charge < -0.3 is 29.9 Å². The van der Waals surface area contributed by atoms with Crippen LogP contribution in [0.15, 0.2) is 24.3 Å². The van der Waals surface area contributed by atoms with Crippen molar-refractivity contribution in [2.75, 3.05) is 73.0 Å². The van der Waals surface area contributed by atoms with Gasteiger partial charge in [0.05, 0.1) is 26.4 Å². The maximum Gasteiger partial charge on any atom is 0.233 e. The topological polar surface area (TPSA) is 105 Å². The van der Waals surface area contributed by atoms with Crippen LogP contribution in [0, 0.1) is 0 Å². The molecular formula is C19H26ClN7O3. The minimum Gasteiger partial charge on any atom is -0.378 e. The number of rotatable bonds is 5. The molecule has 162 valence electrons. The van der Waals surface area contributed by atoms with Crippen LogP contribution >= 0.6 is 12.4 Å². The number of hydrogen-bond donors (Lipinski definition) is 2. The van der Waals surface area contributed by atoms with Gasteiger partial charge in [0.2, 0.25) is 23.8 Å². The van der Waals surface area contributed by atoms with Crippen molar-refractivity contribution in [2.45, 2.75) is 6.92 Å². The zero-order valence-electron chi connectivity index (χ0n) is 16.8. The van der Waals surface area contributed by atoms with Crippen molar-refractivity contribution in [3.63, 3.8) is 0 Å². The van der Waals surface area contributed by atoms with E-state index in [0.717, 1.165) is 37.6 Å². The number of nitrogens with zero attached hydrogens (tertiary/aromatic N) is 5. The monoisotopic (exact) mass is 435 g/mol. The Morgan fingerprint density at radius 2 is 1.30 bits per heavy atom. The van der Waals surface area contributed by atoms with Gasteiger partial charge in [-0.05, 0) is 24.3 Å². The second kappa shape index (κ2) is 10.4. The van der Waals surface area contributed by atoms with Gasteiger partial charge in [-0.2, -0.15) is 15.0 Å². The lowest BCUT2D eigenvalue weighted by molar-refractivity contribution is -0.114. The molecule has 0 bridgehead atoms. The summed E-state index contributed by atoms with van der Waals surface area (Å²) in [6, 6.07) is 7.41. The largest absolute Gasteiger partial charge is 0.378 e. The molecule has 3 heterocycles. The van der Waals surface area contributed by atoms with E-state index < -0.39 is 0 Å². The SMILES string of the molecule is CC(=O)Nc1ccc(Nc2nc(N3CCOCC3)nc(N3CCOCC3)n2)cc1.Cl. The zero-order chi connectivity index (χ0) is 20.1. The molecule has 30 heavy (non-hydrogen) atoms. The molecule has 0 saturated carbocycles. The van der Waals surface area contributed by atoms with Crippen molar-refractivity contribution in [1.82, 2.24) is 15.0 Å². The fourth-order valence-corrected chi connectivity index (χ4v) is 3.19. The summed E-state index contributed by atoms with van der Waals surface area (Å²) in [5, 5.41) is 6.01. The van der Waals surface area contributed by atoms with Crippen LogP contribution in [0.5, 0.6) is 0 Å². The number of carbonyl (C=O) groups excluding carboxylic acids is 1. The predicted molar refractivity (Wildman–Crippen MR) is 117 cm³/mol. The third-order valence-corrected chi connectivity index (χ3v) is 4.66. The summed E-state index contributed by atoms with van der Waals surface area (Å²) >= 11 is 0. The first kappa shape index (κ1) is 22.0. The van der Waals surface area contributed by atoms with Crippen LogP contribution < -0.4 is 20.4 Å². The lowest BCUT2D eigenvalue weighted by Crippen LogP contribution is -2.40. The molecule has 0 unspecified atom stereocenters. The first-order valence-electron chi connectivity index (χ1n) is 9.73. The van der Waals surface area contributed by atoms with Gasteiger partial charge in [0.25, 0.3) is 0 Å². The van der Waals surface area contributed by atoms with E-state index in [9.17, 15) is 4.79 Å². The van der Waals surface area contributed by atoms with Gasteiger partial charge in [0, 0.05) is 44.5 Å². The molecule has 0 spiro atoms. The van der Waals surface area contributed by atoms with Crippen LogP contribution in [0.4, 0.5) is 29.2 Å². The van der Waals surface area contributed by atoms with Crippen LogP contribution in [0.1, 0.15) is 6.92 Å². The summed E-state index contributed by atoms with van der Waals surface area (Å²) in [4.78, 5) is 29.4. The number of halogens is 1. The van der Waals surface area contributed by atoms with Crippen LogP contribution in [0.2, 0.25) is 0 Å². The van der Waals surface area contributed by atoms with Gasteiger partial charge in [-0.15, -0.1) is 12.4 Å². The van der Waals surface area contributed by atoms with Crippen LogP contribution in [0.3, 0.4) is 0 Å². The van der Waals surface area contributed by atoms with E-state index in [-0.39, 0.29) is 18.3 Å². The molecule has 11 heteroatoms. The molecule has 2 aliphatic heterocycles. The number of ether oxygens (including phenoxy) is 2. The summed E-state index contributed by atoms with van der Waals surface area (Å²) in [6.07, 6.45) is 0. The van der Waals surface area contributed by atoms with Crippen LogP contribution in [0.25, 0.3) is 0 Å². The summed E-state index contributed by atoms with van der Waals surface area (Å²) < 4.78 is 10.9. The van der Waals surface area contributed by atoms with Crippen molar-refractivity contribution in [2.24, 2.45) is 0 Å². The highest BCUT2D eigenvalue weighted by Gasteiger charge is 2.20. The number of anilines is 5. The molecule has 1 aromatic carbocycles. The molecule has 4 rings (SSSR count). The maximum absolute atomic E-state index is 11.2. The van der Waals surface area contributed by atoms with Gasteiger partial charge in [0.15, 0.2) is 0 Å². The highest BCUT2D eigenvalue weighted by atomic mass is 35.5. The van der Waals surface area contributed by atoms with Crippen LogP contribution in [-0.4, -0.2) is 73.5 Å². The molecule has 0 radical (unpaired) electrons. The second-order valence-electron chi connectivity index (χ2n) is 6.84. The molecule has 2 fully saturated rings. The van der Waals surface area contributed by atoms with Crippen molar-refractivity contribution in [1.29, 1.82) is 0 Å². The summed E-state index contributed by atoms with van der Waals surface area (Å²) in [6.45, 7) is 7.11. The molecule has 1 aromatic heterocycles. The lowest BCUT2D eigenvalue weighted by Gasteiger charge is -2.30. The minimum atomic E-state index is -0.103. The maximum atomic E-state index is 11.2. The summed E-state index contributed by atoms with van der Waals surface area (Å²) in [5.74, 6) is 1.66. The number of carbonyl (C=O) groups is 1. The van der Waals surface area contributed by atoms with Gasteiger partial charge in [-0.25, -0.2) is 0 Å². The fraction of sp³-hybridized carbons (Fsp3) is 0.474. The molecule has 2 aromatic rings. The van der Waals surface area contributed by atoms with Gasteiger partial charge in [-0.3, -0.25) is 4.79 Å². The third-order valence-electron chi connectivity index (χ3n) is 4.66. The van der Waals surface area contributed by atoms with E-state index in [2.05, 4.69) is 30.4 Å². The van der Waals surface area contributed by atoms with Crippen molar-refractivity contribution in [3.8, 4) is 0 Å². The van der Waals surface area contributed by atoms with E-state index in [1.54, 1.807) is 0 Å². The Hall–Kier alpha value is -2.69. The molecule has 2 N–H and O–H groups in total. The number of amides is 1. The van der Waals surface area contributed by atoms with Gasteiger partial charge >= 0.3 is 0 Å². The average Bonchev–Trinajstić information content (AvgIpc) is 2.76.